The Bertz CT molecular complexity index is 536. The number of likely N-dealkylation sites (N-methyl/N-ethyl adjacent to an activating group) is 1. The molecule has 1 fully saturated rings. The van der Waals surface area contributed by atoms with Crippen LogP contribution in [-0.2, 0) is 4.79 Å². The summed E-state index contributed by atoms with van der Waals surface area (Å²) in [5.74, 6) is -2.47. The molecule has 102 valence electrons. The number of halogens is 2. The summed E-state index contributed by atoms with van der Waals surface area (Å²) in [5.41, 5.74) is 5.68. The van der Waals surface area contributed by atoms with Crippen molar-refractivity contribution in [1.82, 2.24) is 9.80 Å². The minimum Gasteiger partial charge on any atom is -0.322 e. The van der Waals surface area contributed by atoms with Crippen LogP contribution in [0.5, 0.6) is 0 Å². The third kappa shape index (κ3) is 2.41. The van der Waals surface area contributed by atoms with Crippen molar-refractivity contribution in [3.63, 3.8) is 0 Å². The molecule has 2 rings (SSSR count). The number of carbonyl (C=O) groups excluding carboxylic acids is 2. The lowest BCUT2D eigenvalue weighted by molar-refractivity contribution is -0.125. The number of nitrogens with zero attached hydrogens (tertiary/aromatic N) is 2. The summed E-state index contributed by atoms with van der Waals surface area (Å²) in [6.45, 7) is -0.209. The summed E-state index contributed by atoms with van der Waals surface area (Å²) < 4.78 is 26.6. The highest BCUT2D eigenvalue weighted by molar-refractivity contribution is 6.01. The van der Waals surface area contributed by atoms with Gasteiger partial charge in [0.2, 0.25) is 5.91 Å². The molecule has 1 aliphatic heterocycles. The Morgan fingerprint density at radius 3 is 2.63 bits per heavy atom. The number of urea groups is 1. The van der Waals surface area contributed by atoms with Crippen molar-refractivity contribution >= 4 is 11.9 Å². The third-order valence-corrected chi connectivity index (χ3v) is 2.99. The molecular formula is C12H13F2N3O2. The molecule has 0 spiro atoms. The van der Waals surface area contributed by atoms with Crippen LogP contribution < -0.4 is 5.73 Å². The molecule has 7 heteroatoms. The number of amides is 3. The minimum atomic E-state index is -1.05. The van der Waals surface area contributed by atoms with Gasteiger partial charge in [-0.1, -0.05) is 12.1 Å². The fourth-order valence-electron chi connectivity index (χ4n) is 1.95. The molecule has 1 saturated heterocycles. The standard InChI is InChI=1S/C12H13F2N3O2/c1-16-6-10(18)17(12(16)19)5-9(15)7-3-2-4-8(13)11(7)14/h2-4,9H,5-6,15H2,1H3. The van der Waals surface area contributed by atoms with Crippen molar-refractivity contribution < 1.29 is 18.4 Å². The van der Waals surface area contributed by atoms with Crippen LogP contribution in [-0.4, -0.2) is 41.9 Å². The SMILES string of the molecule is CN1CC(=O)N(CC(N)c2cccc(F)c2F)C1=O. The van der Waals surface area contributed by atoms with Crippen LogP contribution in [0.1, 0.15) is 11.6 Å². The van der Waals surface area contributed by atoms with E-state index < -0.39 is 29.6 Å². The predicted molar refractivity (Wildman–Crippen MR) is 63.0 cm³/mol. The second kappa shape index (κ2) is 4.93. The first-order valence-electron chi connectivity index (χ1n) is 5.66. The zero-order valence-corrected chi connectivity index (χ0v) is 10.3. The van der Waals surface area contributed by atoms with Crippen LogP contribution in [0.25, 0.3) is 0 Å². The third-order valence-electron chi connectivity index (χ3n) is 2.99. The number of benzene rings is 1. The molecule has 19 heavy (non-hydrogen) atoms. The maximum absolute atomic E-state index is 13.5. The first kappa shape index (κ1) is 13.4. The van der Waals surface area contributed by atoms with E-state index in [2.05, 4.69) is 0 Å². The van der Waals surface area contributed by atoms with Gasteiger partial charge in [-0.05, 0) is 6.07 Å². The van der Waals surface area contributed by atoms with E-state index in [4.69, 9.17) is 5.73 Å². The van der Waals surface area contributed by atoms with Gasteiger partial charge in [0.15, 0.2) is 11.6 Å². The molecule has 1 atom stereocenters. The Morgan fingerprint density at radius 2 is 2.05 bits per heavy atom. The number of carbonyl (C=O) groups is 2. The normalized spacial score (nSPS) is 17.3. The minimum absolute atomic E-state index is 0.0306. The van der Waals surface area contributed by atoms with Gasteiger partial charge < -0.3 is 10.6 Å². The van der Waals surface area contributed by atoms with E-state index in [1.807, 2.05) is 0 Å². The number of imide groups is 1. The van der Waals surface area contributed by atoms with Gasteiger partial charge in [-0.15, -0.1) is 0 Å². The Hall–Kier alpha value is -2.02. The quantitative estimate of drug-likeness (QED) is 0.827. The Balaban J connectivity index is 2.17. The Labute approximate surface area is 108 Å². The van der Waals surface area contributed by atoms with Gasteiger partial charge in [-0.3, -0.25) is 9.69 Å². The molecule has 0 aromatic heterocycles. The highest BCUT2D eigenvalue weighted by atomic mass is 19.2. The second-order valence-electron chi connectivity index (χ2n) is 4.39. The largest absolute Gasteiger partial charge is 0.327 e. The molecule has 0 bridgehead atoms. The summed E-state index contributed by atoms with van der Waals surface area (Å²) >= 11 is 0. The lowest BCUT2D eigenvalue weighted by atomic mass is 10.1. The van der Waals surface area contributed by atoms with Crippen LogP contribution in [0, 0.1) is 11.6 Å². The van der Waals surface area contributed by atoms with Crippen molar-refractivity contribution in [3.8, 4) is 0 Å². The van der Waals surface area contributed by atoms with Crippen molar-refractivity contribution in [1.29, 1.82) is 0 Å². The first-order chi connectivity index (χ1) is 8.91. The summed E-state index contributed by atoms with van der Waals surface area (Å²) in [5, 5.41) is 0. The van der Waals surface area contributed by atoms with Gasteiger partial charge in [0.1, 0.15) is 6.54 Å². The Morgan fingerprint density at radius 1 is 1.37 bits per heavy atom. The van der Waals surface area contributed by atoms with Crippen LogP contribution in [0.2, 0.25) is 0 Å². The average Bonchev–Trinajstić information content (AvgIpc) is 2.59. The van der Waals surface area contributed by atoms with Crippen LogP contribution in [0.3, 0.4) is 0 Å². The summed E-state index contributed by atoms with van der Waals surface area (Å²) in [6.07, 6.45) is 0. The lowest BCUT2D eigenvalue weighted by Gasteiger charge is -2.19. The number of nitrogens with two attached hydrogens (primary N) is 1. The molecule has 0 radical (unpaired) electrons. The van der Waals surface area contributed by atoms with Crippen molar-refractivity contribution in [3.05, 3.63) is 35.4 Å². The van der Waals surface area contributed by atoms with E-state index >= 15 is 0 Å². The molecule has 5 nitrogen and oxygen atoms in total. The zero-order chi connectivity index (χ0) is 14.2. The topological polar surface area (TPSA) is 66.6 Å². The van der Waals surface area contributed by atoms with E-state index in [1.165, 1.54) is 24.1 Å². The zero-order valence-electron chi connectivity index (χ0n) is 10.3. The molecule has 1 aliphatic rings. The van der Waals surface area contributed by atoms with Crippen molar-refractivity contribution in [2.45, 2.75) is 6.04 Å². The van der Waals surface area contributed by atoms with Gasteiger partial charge >= 0.3 is 6.03 Å². The van der Waals surface area contributed by atoms with Gasteiger partial charge in [0, 0.05) is 19.2 Å². The molecule has 1 unspecified atom stereocenters. The molecule has 2 N–H and O–H groups in total. The lowest BCUT2D eigenvalue weighted by Crippen LogP contribution is -2.37. The maximum Gasteiger partial charge on any atom is 0.327 e. The molecule has 1 aromatic rings. The van der Waals surface area contributed by atoms with E-state index in [0.717, 1.165) is 11.0 Å². The maximum atomic E-state index is 13.5. The summed E-state index contributed by atoms with van der Waals surface area (Å²) in [7, 11) is 1.48. The highest BCUT2D eigenvalue weighted by Crippen LogP contribution is 2.20. The monoisotopic (exact) mass is 269 g/mol. The smallest absolute Gasteiger partial charge is 0.322 e. The number of hydrogen-bond donors (Lipinski definition) is 1. The van der Waals surface area contributed by atoms with Crippen LogP contribution in [0.4, 0.5) is 13.6 Å². The summed E-state index contributed by atoms with van der Waals surface area (Å²) in [6, 6.07) is 2.18. The van der Waals surface area contributed by atoms with Crippen molar-refractivity contribution in [2.75, 3.05) is 20.1 Å². The highest BCUT2D eigenvalue weighted by Gasteiger charge is 2.35. The molecule has 3 amide bonds. The van der Waals surface area contributed by atoms with Crippen LogP contribution in [0.15, 0.2) is 18.2 Å². The summed E-state index contributed by atoms with van der Waals surface area (Å²) in [4.78, 5) is 25.4. The second-order valence-corrected chi connectivity index (χ2v) is 4.39. The predicted octanol–water partition coefficient (Wildman–Crippen LogP) is 0.859. The number of rotatable bonds is 3. The average molecular weight is 269 g/mol. The molecule has 1 heterocycles. The molecule has 1 aromatic carbocycles. The van der Waals surface area contributed by atoms with E-state index in [0.29, 0.717) is 0 Å². The van der Waals surface area contributed by atoms with Crippen LogP contribution >= 0.6 is 0 Å². The fourth-order valence-corrected chi connectivity index (χ4v) is 1.95. The number of hydrogen-bond acceptors (Lipinski definition) is 3. The molecule has 0 saturated carbocycles. The Kier molecular flexibility index (Phi) is 3.48. The van der Waals surface area contributed by atoms with E-state index in [-0.39, 0.29) is 18.7 Å². The van der Waals surface area contributed by atoms with Gasteiger partial charge in [0.25, 0.3) is 0 Å². The van der Waals surface area contributed by atoms with Crippen molar-refractivity contribution in [2.24, 2.45) is 5.73 Å². The molecule has 0 aliphatic carbocycles. The fraction of sp³-hybridized carbons (Fsp3) is 0.333. The molecular weight excluding hydrogens is 256 g/mol. The first-order valence-corrected chi connectivity index (χ1v) is 5.66. The van der Waals surface area contributed by atoms with Gasteiger partial charge in [0.05, 0.1) is 6.04 Å². The van der Waals surface area contributed by atoms with Gasteiger partial charge in [-0.25, -0.2) is 13.6 Å². The van der Waals surface area contributed by atoms with Gasteiger partial charge in [-0.2, -0.15) is 0 Å². The van der Waals surface area contributed by atoms with E-state index in [9.17, 15) is 18.4 Å². The van der Waals surface area contributed by atoms with E-state index in [1.54, 1.807) is 0 Å².